The van der Waals surface area contributed by atoms with Crippen LogP contribution in [0.15, 0.2) is 88.7 Å². The number of rotatable bonds is 5. The summed E-state index contributed by atoms with van der Waals surface area (Å²) < 4.78 is 5.81. The van der Waals surface area contributed by atoms with Crippen molar-refractivity contribution in [1.82, 2.24) is 19.8 Å². The second kappa shape index (κ2) is 10.3. The van der Waals surface area contributed by atoms with Crippen LogP contribution in [0.5, 0.6) is 0 Å². The average Bonchev–Trinajstić information content (AvgIpc) is 3.74. The molecule has 7 nitrogen and oxygen atoms in total. The molecule has 0 unspecified atom stereocenters. The van der Waals surface area contributed by atoms with E-state index >= 15 is 0 Å². The normalized spacial score (nSPS) is 17.4. The molecule has 0 saturated heterocycles. The zero-order chi connectivity index (χ0) is 27.1. The summed E-state index contributed by atoms with van der Waals surface area (Å²) in [4.78, 5) is 16.6. The van der Waals surface area contributed by atoms with Crippen LogP contribution in [0.3, 0.4) is 0 Å². The summed E-state index contributed by atoms with van der Waals surface area (Å²) in [6.07, 6.45) is 12.7. The molecule has 3 N–H and O–H groups in total. The van der Waals surface area contributed by atoms with E-state index in [9.17, 15) is 0 Å². The fraction of sp³-hybridized carbons (Fsp3) is 0.242. The Morgan fingerprint density at radius 1 is 0.825 bits per heavy atom. The zero-order valence-electron chi connectivity index (χ0n) is 23.0. The van der Waals surface area contributed by atoms with Crippen LogP contribution in [-0.2, 0) is 0 Å². The van der Waals surface area contributed by atoms with Crippen molar-refractivity contribution in [2.45, 2.75) is 12.8 Å². The maximum Gasteiger partial charge on any atom is 0.174 e. The molecule has 5 aromatic rings. The van der Waals surface area contributed by atoms with Gasteiger partial charge in [-0.1, -0.05) is 12.2 Å². The van der Waals surface area contributed by atoms with Crippen LogP contribution in [0, 0.1) is 0 Å². The molecule has 7 heteroatoms. The van der Waals surface area contributed by atoms with E-state index < -0.39 is 0 Å². The molecule has 2 aromatic carbocycles. The zero-order valence-corrected chi connectivity index (χ0v) is 23.0. The lowest BCUT2D eigenvalue weighted by Gasteiger charge is -2.21. The molecule has 5 heterocycles. The molecule has 0 bridgehead atoms. The number of aromatic nitrogens is 2. The van der Waals surface area contributed by atoms with Crippen molar-refractivity contribution < 1.29 is 4.42 Å². The van der Waals surface area contributed by atoms with E-state index in [1.165, 1.54) is 33.0 Å². The van der Waals surface area contributed by atoms with Crippen LogP contribution >= 0.6 is 0 Å². The molecule has 0 atom stereocenters. The molecule has 2 aliphatic heterocycles. The highest BCUT2D eigenvalue weighted by molar-refractivity contribution is 6.09. The molecule has 0 aliphatic carbocycles. The number of benzene rings is 2. The van der Waals surface area contributed by atoms with Gasteiger partial charge in [-0.25, -0.2) is 4.99 Å². The molecule has 0 amide bonds. The summed E-state index contributed by atoms with van der Waals surface area (Å²) in [7, 11) is 4.33. The van der Waals surface area contributed by atoms with Crippen LogP contribution < -0.4 is 5.32 Å². The van der Waals surface area contributed by atoms with Crippen LogP contribution in [-0.4, -0.2) is 65.9 Å². The van der Waals surface area contributed by atoms with E-state index in [0.717, 1.165) is 61.4 Å². The van der Waals surface area contributed by atoms with E-state index in [-0.39, 0.29) is 0 Å². The van der Waals surface area contributed by atoms with Gasteiger partial charge in [0.15, 0.2) is 11.6 Å². The summed E-state index contributed by atoms with van der Waals surface area (Å²) in [5.41, 5.74) is 9.43. The van der Waals surface area contributed by atoms with Gasteiger partial charge in [0.2, 0.25) is 0 Å². The molecular formula is C33H34N6O. The SMILES string of the molecule is CN1CC=C(c2c[nH]c3ccc(N=C(Nc4ccc5[nH]cc(C6=CCN(C)CC6)c5c4)c4ccco4)cc23)CC1. The minimum atomic E-state index is 0.676. The molecule has 7 rings (SSSR count). The summed E-state index contributed by atoms with van der Waals surface area (Å²) in [5, 5.41) is 5.97. The number of anilines is 1. The maximum absolute atomic E-state index is 5.81. The highest BCUT2D eigenvalue weighted by Crippen LogP contribution is 2.33. The summed E-state index contributed by atoms with van der Waals surface area (Å²) in [6.45, 7) is 4.11. The topological polar surface area (TPSA) is 75.6 Å². The highest BCUT2D eigenvalue weighted by atomic mass is 16.3. The van der Waals surface area contributed by atoms with E-state index in [0.29, 0.717) is 11.6 Å². The van der Waals surface area contributed by atoms with Crippen LogP contribution in [0.2, 0.25) is 0 Å². The first-order valence-corrected chi connectivity index (χ1v) is 14.0. The van der Waals surface area contributed by atoms with Crippen molar-refractivity contribution in [3.8, 4) is 0 Å². The number of nitrogens with one attached hydrogen (secondary N) is 3. The Labute approximate surface area is 233 Å². The Kier molecular flexibility index (Phi) is 6.38. The minimum Gasteiger partial charge on any atom is -0.461 e. The molecule has 3 aromatic heterocycles. The largest absolute Gasteiger partial charge is 0.461 e. The Bertz CT molecular complexity index is 1770. The van der Waals surface area contributed by atoms with E-state index in [1.54, 1.807) is 6.26 Å². The number of aliphatic imine (C=N–C) groups is 1. The average molecular weight is 531 g/mol. The van der Waals surface area contributed by atoms with Crippen molar-refractivity contribution in [3.05, 3.63) is 96.2 Å². The van der Waals surface area contributed by atoms with Gasteiger partial charge < -0.3 is 29.5 Å². The minimum absolute atomic E-state index is 0.676. The Morgan fingerprint density at radius 3 is 2.08 bits per heavy atom. The number of likely N-dealkylation sites (N-methyl/N-ethyl adjacent to an activating group) is 2. The van der Waals surface area contributed by atoms with Gasteiger partial charge in [-0.2, -0.15) is 0 Å². The third kappa shape index (κ3) is 4.78. The van der Waals surface area contributed by atoms with Gasteiger partial charge in [0.1, 0.15) is 0 Å². The number of hydrogen-bond donors (Lipinski definition) is 3. The summed E-state index contributed by atoms with van der Waals surface area (Å²) in [5.74, 6) is 1.37. The van der Waals surface area contributed by atoms with Crippen molar-refractivity contribution in [2.75, 3.05) is 45.6 Å². The van der Waals surface area contributed by atoms with Gasteiger partial charge in [-0.05, 0) is 86.6 Å². The number of aromatic amines is 2. The van der Waals surface area contributed by atoms with E-state index in [1.807, 2.05) is 12.1 Å². The van der Waals surface area contributed by atoms with Gasteiger partial charge in [-0.15, -0.1) is 0 Å². The molecule has 0 saturated carbocycles. The number of amidine groups is 1. The third-order valence-electron chi connectivity index (χ3n) is 8.12. The fourth-order valence-corrected chi connectivity index (χ4v) is 5.76. The number of furan rings is 1. The van der Waals surface area contributed by atoms with Crippen molar-refractivity contribution in [3.63, 3.8) is 0 Å². The molecule has 0 radical (unpaired) electrons. The molecule has 202 valence electrons. The first-order chi connectivity index (χ1) is 19.6. The van der Waals surface area contributed by atoms with Gasteiger partial charge in [0, 0.05) is 77.2 Å². The van der Waals surface area contributed by atoms with E-state index in [2.05, 4.69) is 100 Å². The molecule has 40 heavy (non-hydrogen) atoms. The quantitative estimate of drug-likeness (QED) is 0.171. The summed E-state index contributed by atoms with van der Waals surface area (Å²) >= 11 is 0. The Balaban J connectivity index is 1.24. The first-order valence-electron chi connectivity index (χ1n) is 14.0. The Morgan fingerprint density at radius 2 is 1.48 bits per heavy atom. The monoisotopic (exact) mass is 530 g/mol. The first kappa shape index (κ1) is 24.7. The maximum atomic E-state index is 5.81. The van der Waals surface area contributed by atoms with Crippen LogP contribution in [0.1, 0.15) is 29.7 Å². The molecule has 2 aliphatic rings. The van der Waals surface area contributed by atoms with Gasteiger partial charge in [0.25, 0.3) is 0 Å². The standard InChI is InChI=1S/C33H34N6O/c1-38-13-9-22(10-14-38)28-20-34-30-7-5-24(18-26(28)30)36-33(32-4-3-17-40-32)37-25-6-8-31-27(19-25)29(21-35-31)23-11-15-39(2)16-12-23/h3-9,11,17-21,34-35H,10,12-16H2,1-2H3,(H,36,37). The predicted octanol–water partition coefficient (Wildman–Crippen LogP) is 6.87. The van der Waals surface area contributed by atoms with Gasteiger partial charge in [-0.3, -0.25) is 0 Å². The number of fused-ring (bicyclic) bond motifs is 2. The van der Waals surface area contributed by atoms with Crippen LogP contribution in [0.4, 0.5) is 11.4 Å². The predicted molar refractivity (Wildman–Crippen MR) is 165 cm³/mol. The molecule has 0 spiro atoms. The van der Waals surface area contributed by atoms with Crippen LogP contribution in [0.25, 0.3) is 33.0 Å². The second-order valence-corrected chi connectivity index (χ2v) is 10.9. The lowest BCUT2D eigenvalue weighted by atomic mass is 9.99. The molecular weight excluding hydrogens is 496 g/mol. The molecule has 0 fully saturated rings. The van der Waals surface area contributed by atoms with Crippen molar-refractivity contribution >= 4 is 50.2 Å². The number of hydrogen-bond acceptors (Lipinski definition) is 4. The fourth-order valence-electron chi connectivity index (χ4n) is 5.76. The summed E-state index contributed by atoms with van der Waals surface area (Å²) in [6, 6.07) is 16.6. The smallest absolute Gasteiger partial charge is 0.174 e. The van der Waals surface area contributed by atoms with Crippen molar-refractivity contribution in [2.24, 2.45) is 4.99 Å². The Hall–Kier alpha value is -4.33. The number of H-pyrrole nitrogens is 2. The van der Waals surface area contributed by atoms with Gasteiger partial charge in [0.05, 0.1) is 12.0 Å². The number of nitrogens with zero attached hydrogens (tertiary/aromatic N) is 3. The van der Waals surface area contributed by atoms with Gasteiger partial charge >= 0.3 is 0 Å². The highest BCUT2D eigenvalue weighted by Gasteiger charge is 2.16. The lowest BCUT2D eigenvalue weighted by Crippen LogP contribution is -2.23. The lowest BCUT2D eigenvalue weighted by molar-refractivity contribution is 0.370. The van der Waals surface area contributed by atoms with E-state index in [4.69, 9.17) is 9.41 Å². The van der Waals surface area contributed by atoms with Crippen molar-refractivity contribution in [1.29, 1.82) is 0 Å². The second-order valence-electron chi connectivity index (χ2n) is 10.9. The third-order valence-corrected chi connectivity index (χ3v) is 8.12.